The van der Waals surface area contributed by atoms with Crippen molar-refractivity contribution in [3.63, 3.8) is 0 Å². The molecule has 1 unspecified atom stereocenters. The zero-order valence-corrected chi connectivity index (χ0v) is 7.61. The average molecular weight is 180 g/mol. The molecule has 1 heterocycles. The lowest BCUT2D eigenvalue weighted by Gasteiger charge is -2.09. The van der Waals surface area contributed by atoms with Gasteiger partial charge in [0.15, 0.2) is 0 Å². The van der Waals surface area contributed by atoms with Crippen LogP contribution in [0, 0.1) is 0 Å². The van der Waals surface area contributed by atoms with Gasteiger partial charge in [-0.2, -0.15) is 0 Å². The predicted octanol–water partition coefficient (Wildman–Crippen LogP) is 1.06. The van der Waals surface area contributed by atoms with Gasteiger partial charge in [-0.3, -0.25) is 4.98 Å². The summed E-state index contributed by atoms with van der Waals surface area (Å²) in [7, 11) is 1.81. The number of nitrogens with zero attached hydrogens (tertiary/aromatic N) is 1. The van der Waals surface area contributed by atoms with E-state index in [1.165, 1.54) is 12.3 Å². The molecule has 0 radical (unpaired) electrons. The van der Waals surface area contributed by atoms with Crippen LogP contribution in [0.3, 0.4) is 0 Å². The summed E-state index contributed by atoms with van der Waals surface area (Å²) >= 11 is 0. The molecule has 4 nitrogen and oxygen atoms in total. The third-order valence-corrected chi connectivity index (χ3v) is 1.90. The maximum absolute atomic E-state index is 10.6. The highest BCUT2D eigenvalue weighted by Crippen LogP contribution is 2.10. The molecule has 0 fully saturated rings. The second-order valence-corrected chi connectivity index (χ2v) is 2.78. The van der Waals surface area contributed by atoms with Crippen LogP contribution in [0.15, 0.2) is 18.3 Å². The van der Waals surface area contributed by atoms with Crippen molar-refractivity contribution in [1.29, 1.82) is 0 Å². The monoisotopic (exact) mass is 180 g/mol. The summed E-state index contributed by atoms with van der Waals surface area (Å²) in [5.41, 5.74) is 1.01. The van der Waals surface area contributed by atoms with Gasteiger partial charge in [-0.1, -0.05) is 0 Å². The van der Waals surface area contributed by atoms with Crippen LogP contribution >= 0.6 is 0 Å². The lowest BCUT2D eigenvalue weighted by Crippen LogP contribution is -2.14. The standard InChI is InChI=1S/C9H12N2O2/c1-6(10-2)8-5-7(9(12)13)3-4-11-8/h3-6,10H,1-2H3,(H,12,13). The Hall–Kier alpha value is -1.42. The van der Waals surface area contributed by atoms with Gasteiger partial charge >= 0.3 is 5.97 Å². The van der Waals surface area contributed by atoms with Gasteiger partial charge in [0, 0.05) is 12.2 Å². The van der Waals surface area contributed by atoms with E-state index in [2.05, 4.69) is 10.3 Å². The van der Waals surface area contributed by atoms with Gasteiger partial charge < -0.3 is 10.4 Å². The Morgan fingerprint density at radius 2 is 2.38 bits per heavy atom. The summed E-state index contributed by atoms with van der Waals surface area (Å²) < 4.78 is 0. The minimum absolute atomic E-state index is 0.0688. The number of carboxylic acid groups (broad SMARTS) is 1. The summed E-state index contributed by atoms with van der Waals surface area (Å²) in [4.78, 5) is 14.7. The molecule has 0 saturated heterocycles. The molecule has 0 bridgehead atoms. The van der Waals surface area contributed by atoms with Crippen molar-refractivity contribution in [2.75, 3.05) is 7.05 Å². The Bertz CT molecular complexity index is 312. The molecule has 0 aliphatic carbocycles. The lowest BCUT2D eigenvalue weighted by molar-refractivity contribution is 0.0696. The lowest BCUT2D eigenvalue weighted by atomic mass is 10.1. The molecular formula is C9H12N2O2. The maximum Gasteiger partial charge on any atom is 0.335 e. The van der Waals surface area contributed by atoms with Gasteiger partial charge in [-0.25, -0.2) is 4.79 Å². The van der Waals surface area contributed by atoms with Crippen LogP contribution in [-0.4, -0.2) is 23.1 Å². The molecule has 0 aliphatic heterocycles. The zero-order valence-electron chi connectivity index (χ0n) is 7.61. The number of nitrogens with one attached hydrogen (secondary N) is 1. The van der Waals surface area contributed by atoms with Crippen molar-refractivity contribution < 1.29 is 9.90 Å². The highest BCUT2D eigenvalue weighted by atomic mass is 16.4. The van der Waals surface area contributed by atoms with Gasteiger partial charge in [0.05, 0.1) is 11.3 Å². The highest BCUT2D eigenvalue weighted by molar-refractivity contribution is 5.87. The van der Waals surface area contributed by atoms with E-state index >= 15 is 0 Å². The molecular weight excluding hydrogens is 168 g/mol. The Morgan fingerprint density at radius 1 is 1.69 bits per heavy atom. The van der Waals surface area contributed by atoms with E-state index in [1.54, 1.807) is 13.1 Å². The third-order valence-electron chi connectivity index (χ3n) is 1.90. The van der Waals surface area contributed by atoms with Crippen LogP contribution < -0.4 is 5.32 Å². The van der Waals surface area contributed by atoms with Gasteiger partial charge in [-0.15, -0.1) is 0 Å². The summed E-state index contributed by atoms with van der Waals surface area (Å²) in [5, 5.41) is 11.7. The topological polar surface area (TPSA) is 62.2 Å². The molecule has 0 spiro atoms. The Labute approximate surface area is 76.6 Å². The van der Waals surface area contributed by atoms with Gasteiger partial charge in [-0.05, 0) is 26.1 Å². The molecule has 1 aromatic rings. The fourth-order valence-electron chi connectivity index (χ4n) is 0.966. The van der Waals surface area contributed by atoms with Crippen molar-refractivity contribution in [1.82, 2.24) is 10.3 Å². The molecule has 13 heavy (non-hydrogen) atoms. The van der Waals surface area contributed by atoms with Crippen LogP contribution in [0.1, 0.15) is 29.0 Å². The zero-order chi connectivity index (χ0) is 9.84. The van der Waals surface area contributed by atoms with Crippen LogP contribution in [0.25, 0.3) is 0 Å². The van der Waals surface area contributed by atoms with Crippen molar-refractivity contribution in [2.24, 2.45) is 0 Å². The minimum atomic E-state index is -0.924. The van der Waals surface area contributed by atoms with E-state index in [4.69, 9.17) is 5.11 Å². The predicted molar refractivity (Wildman–Crippen MR) is 48.7 cm³/mol. The molecule has 0 amide bonds. The van der Waals surface area contributed by atoms with Gasteiger partial charge in [0.25, 0.3) is 0 Å². The summed E-state index contributed by atoms with van der Waals surface area (Å²) in [6.45, 7) is 1.92. The number of aromatic carboxylic acids is 1. The maximum atomic E-state index is 10.6. The third kappa shape index (κ3) is 2.26. The second-order valence-electron chi connectivity index (χ2n) is 2.78. The van der Waals surface area contributed by atoms with E-state index < -0.39 is 5.97 Å². The molecule has 0 aromatic carbocycles. The fourth-order valence-corrected chi connectivity index (χ4v) is 0.966. The number of pyridine rings is 1. The summed E-state index contributed by atoms with van der Waals surface area (Å²) in [5.74, 6) is -0.924. The van der Waals surface area contributed by atoms with Crippen LogP contribution in [-0.2, 0) is 0 Å². The van der Waals surface area contributed by atoms with Gasteiger partial charge in [0.2, 0.25) is 0 Å². The van der Waals surface area contributed by atoms with Crippen molar-refractivity contribution in [2.45, 2.75) is 13.0 Å². The molecule has 1 aromatic heterocycles. The van der Waals surface area contributed by atoms with Crippen LogP contribution in [0.5, 0.6) is 0 Å². The highest BCUT2D eigenvalue weighted by Gasteiger charge is 2.07. The Morgan fingerprint density at radius 3 is 2.92 bits per heavy atom. The Balaban J connectivity index is 2.98. The summed E-state index contributed by atoms with van der Waals surface area (Å²) in [6, 6.07) is 3.12. The number of carboxylic acids is 1. The number of carbonyl (C=O) groups is 1. The summed E-state index contributed by atoms with van der Waals surface area (Å²) in [6.07, 6.45) is 1.51. The first-order chi connectivity index (χ1) is 6.15. The normalized spacial score (nSPS) is 12.5. The van der Waals surface area contributed by atoms with Crippen LogP contribution in [0.4, 0.5) is 0 Å². The van der Waals surface area contributed by atoms with E-state index in [1.807, 2.05) is 6.92 Å². The number of rotatable bonds is 3. The fraction of sp³-hybridized carbons (Fsp3) is 0.333. The molecule has 1 atom stereocenters. The van der Waals surface area contributed by atoms with Crippen LogP contribution in [0.2, 0.25) is 0 Å². The first-order valence-electron chi connectivity index (χ1n) is 4.01. The average Bonchev–Trinajstić information content (AvgIpc) is 2.17. The Kier molecular flexibility index (Phi) is 2.97. The first-order valence-corrected chi connectivity index (χ1v) is 4.01. The van der Waals surface area contributed by atoms with Crippen molar-refractivity contribution in [3.05, 3.63) is 29.6 Å². The largest absolute Gasteiger partial charge is 0.478 e. The van der Waals surface area contributed by atoms with Crippen molar-refractivity contribution >= 4 is 5.97 Å². The molecule has 2 N–H and O–H groups in total. The van der Waals surface area contributed by atoms with E-state index in [9.17, 15) is 4.79 Å². The van der Waals surface area contributed by atoms with Gasteiger partial charge in [0.1, 0.15) is 0 Å². The number of hydrogen-bond donors (Lipinski definition) is 2. The van der Waals surface area contributed by atoms with E-state index in [-0.39, 0.29) is 11.6 Å². The van der Waals surface area contributed by atoms with E-state index in [0.717, 1.165) is 5.69 Å². The molecule has 1 rings (SSSR count). The molecule has 70 valence electrons. The number of aromatic nitrogens is 1. The first kappa shape index (κ1) is 9.67. The van der Waals surface area contributed by atoms with Crippen molar-refractivity contribution in [3.8, 4) is 0 Å². The number of hydrogen-bond acceptors (Lipinski definition) is 3. The SMILES string of the molecule is CNC(C)c1cc(C(=O)O)ccn1. The molecule has 0 aliphatic rings. The second kappa shape index (κ2) is 4.00. The van der Waals surface area contributed by atoms with E-state index in [0.29, 0.717) is 0 Å². The smallest absolute Gasteiger partial charge is 0.335 e. The molecule has 0 saturated carbocycles. The minimum Gasteiger partial charge on any atom is -0.478 e. The quantitative estimate of drug-likeness (QED) is 0.730. The molecule has 4 heteroatoms.